The van der Waals surface area contributed by atoms with Gasteiger partial charge in [0.15, 0.2) is 17.4 Å². The van der Waals surface area contributed by atoms with Crippen molar-refractivity contribution < 1.29 is 23.4 Å². The van der Waals surface area contributed by atoms with Crippen LogP contribution in [0.25, 0.3) is 0 Å². The highest BCUT2D eigenvalue weighted by Gasteiger charge is 2.24. The van der Waals surface area contributed by atoms with Gasteiger partial charge < -0.3 is 9.84 Å². The van der Waals surface area contributed by atoms with Crippen LogP contribution in [0.2, 0.25) is 0 Å². The number of carbonyl (C=O) groups excluding carboxylic acids is 1. The van der Waals surface area contributed by atoms with Crippen molar-refractivity contribution in [2.75, 3.05) is 32.9 Å². The fourth-order valence-electron chi connectivity index (χ4n) is 2.01. The number of hydrogen-bond donors (Lipinski definition) is 1. The standard InChI is InChI=1S/C13H15F2NO3/c14-11-2-1-9(5-12(11)15)13(18)6-16-3-4-19-8-10(16)7-17/h1-2,5,10,17H,3-4,6-8H2. The molecule has 1 aliphatic rings. The van der Waals surface area contributed by atoms with E-state index in [-0.39, 0.29) is 30.5 Å². The molecule has 4 nitrogen and oxygen atoms in total. The van der Waals surface area contributed by atoms with Crippen molar-refractivity contribution in [3.63, 3.8) is 0 Å². The number of Topliss-reactive ketones (excluding diaryl/α,β-unsaturated/α-hetero) is 1. The topological polar surface area (TPSA) is 49.8 Å². The predicted molar refractivity (Wildman–Crippen MR) is 64.0 cm³/mol. The van der Waals surface area contributed by atoms with Crippen LogP contribution in [0.4, 0.5) is 8.78 Å². The maximum atomic E-state index is 13.1. The first-order valence-corrected chi connectivity index (χ1v) is 6.02. The molecule has 0 saturated carbocycles. The van der Waals surface area contributed by atoms with Gasteiger partial charge in [0.05, 0.1) is 32.4 Å². The molecule has 1 heterocycles. The van der Waals surface area contributed by atoms with Gasteiger partial charge in [-0.2, -0.15) is 0 Å². The molecule has 1 atom stereocenters. The third-order valence-corrected chi connectivity index (χ3v) is 3.15. The van der Waals surface area contributed by atoms with Crippen LogP contribution in [-0.4, -0.2) is 54.7 Å². The van der Waals surface area contributed by atoms with Gasteiger partial charge in [-0.15, -0.1) is 0 Å². The first-order valence-electron chi connectivity index (χ1n) is 6.02. The molecule has 1 aliphatic heterocycles. The number of morpholine rings is 1. The van der Waals surface area contributed by atoms with E-state index in [1.807, 2.05) is 0 Å². The third kappa shape index (κ3) is 3.34. The highest BCUT2D eigenvalue weighted by atomic mass is 19.2. The number of hydrogen-bond acceptors (Lipinski definition) is 4. The Balaban J connectivity index is 2.05. The largest absolute Gasteiger partial charge is 0.395 e. The van der Waals surface area contributed by atoms with Crippen molar-refractivity contribution in [2.24, 2.45) is 0 Å². The zero-order valence-corrected chi connectivity index (χ0v) is 10.3. The van der Waals surface area contributed by atoms with Gasteiger partial charge >= 0.3 is 0 Å². The minimum absolute atomic E-state index is 0.0552. The SMILES string of the molecule is O=C(CN1CCOCC1CO)c1ccc(F)c(F)c1. The summed E-state index contributed by atoms with van der Waals surface area (Å²) in [7, 11) is 0. The molecule has 19 heavy (non-hydrogen) atoms. The van der Waals surface area contributed by atoms with E-state index >= 15 is 0 Å². The Bertz CT molecular complexity index is 467. The minimum atomic E-state index is -1.04. The molecular formula is C13H15F2NO3. The Kier molecular flexibility index (Phi) is 4.57. The van der Waals surface area contributed by atoms with Crippen LogP contribution in [0.5, 0.6) is 0 Å². The zero-order chi connectivity index (χ0) is 13.8. The first-order chi connectivity index (χ1) is 9.11. The molecule has 1 fully saturated rings. The number of halogens is 2. The maximum Gasteiger partial charge on any atom is 0.176 e. The molecule has 104 valence electrons. The molecule has 1 N–H and O–H groups in total. The minimum Gasteiger partial charge on any atom is -0.395 e. The van der Waals surface area contributed by atoms with Crippen molar-refractivity contribution in [3.8, 4) is 0 Å². The highest BCUT2D eigenvalue weighted by Crippen LogP contribution is 2.12. The van der Waals surface area contributed by atoms with E-state index in [1.165, 1.54) is 6.07 Å². The van der Waals surface area contributed by atoms with Gasteiger partial charge in [0.2, 0.25) is 0 Å². The summed E-state index contributed by atoms with van der Waals surface area (Å²) in [6.07, 6.45) is 0. The predicted octanol–water partition coefficient (Wildman–Crippen LogP) is 0.841. The summed E-state index contributed by atoms with van der Waals surface area (Å²) >= 11 is 0. The Hall–Kier alpha value is -1.37. The summed E-state index contributed by atoms with van der Waals surface area (Å²) < 4.78 is 31.1. The lowest BCUT2D eigenvalue weighted by Gasteiger charge is -2.33. The normalized spacial score (nSPS) is 20.5. The number of rotatable bonds is 4. The number of ether oxygens (including phenoxy) is 1. The summed E-state index contributed by atoms with van der Waals surface area (Å²) in [5.74, 6) is -2.32. The molecule has 6 heteroatoms. The molecule has 0 aliphatic carbocycles. The molecule has 0 aromatic heterocycles. The lowest BCUT2D eigenvalue weighted by molar-refractivity contribution is -0.0240. The van der Waals surface area contributed by atoms with E-state index in [1.54, 1.807) is 4.90 Å². The summed E-state index contributed by atoms with van der Waals surface area (Å²) in [4.78, 5) is 13.8. The van der Waals surface area contributed by atoms with Gasteiger partial charge in [0.1, 0.15) is 0 Å². The Morgan fingerprint density at radius 1 is 1.42 bits per heavy atom. The first kappa shape index (κ1) is 14.0. The second-order valence-electron chi connectivity index (χ2n) is 4.43. The average molecular weight is 271 g/mol. The molecule has 0 spiro atoms. The molecular weight excluding hydrogens is 256 g/mol. The van der Waals surface area contributed by atoms with Gasteiger partial charge in [0.25, 0.3) is 0 Å². The molecule has 0 bridgehead atoms. The monoisotopic (exact) mass is 271 g/mol. The molecule has 1 saturated heterocycles. The average Bonchev–Trinajstić information content (AvgIpc) is 2.42. The van der Waals surface area contributed by atoms with Crippen molar-refractivity contribution in [1.29, 1.82) is 0 Å². The molecule has 2 rings (SSSR count). The number of benzene rings is 1. The van der Waals surface area contributed by atoms with Crippen molar-refractivity contribution in [2.45, 2.75) is 6.04 Å². The quantitative estimate of drug-likeness (QED) is 0.825. The van der Waals surface area contributed by atoms with Crippen LogP contribution in [0, 0.1) is 11.6 Å². The van der Waals surface area contributed by atoms with E-state index in [2.05, 4.69) is 0 Å². The lowest BCUT2D eigenvalue weighted by Crippen LogP contribution is -2.49. The molecule has 1 aromatic rings. The van der Waals surface area contributed by atoms with Crippen molar-refractivity contribution in [1.82, 2.24) is 4.90 Å². The second kappa shape index (κ2) is 6.18. The van der Waals surface area contributed by atoms with Gasteiger partial charge in [0, 0.05) is 12.1 Å². The summed E-state index contributed by atoms with van der Waals surface area (Å²) in [5, 5.41) is 9.18. The maximum absolute atomic E-state index is 13.1. The molecule has 1 aromatic carbocycles. The van der Waals surface area contributed by atoms with Gasteiger partial charge in [-0.3, -0.25) is 9.69 Å². The highest BCUT2D eigenvalue weighted by molar-refractivity contribution is 5.97. The number of nitrogens with zero attached hydrogens (tertiary/aromatic N) is 1. The molecule has 0 amide bonds. The van der Waals surface area contributed by atoms with Crippen LogP contribution >= 0.6 is 0 Å². The fraction of sp³-hybridized carbons (Fsp3) is 0.462. The number of aliphatic hydroxyl groups excluding tert-OH is 1. The van der Waals surface area contributed by atoms with Crippen molar-refractivity contribution >= 4 is 5.78 Å². The van der Waals surface area contributed by atoms with Crippen LogP contribution in [0.3, 0.4) is 0 Å². The zero-order valence-electron chi connectivity index (χ0n) is 10.3. The number of ketones is 1. The summed E-state index contributed by atoms with van der Waals surface area (Å²) in [5.41, 5.74) is 0.127. The number of aliphatic hydroxyl groups is 1. The van der Waals surface area contributed by atoms with E-state index in [0.29, 0.717) is 19.8 Å². The second-order valence-corrected chi connectivity index (χ2v) is 4.43. The van der Waals surface area contributed by atoms with E-state index in [4.69, 9.17) is 4.74 Å². The van der Waals surface area contributed by atoms with Crippen LogP contribution in [-0.2, 0) is 4.74 Å². The van der Waals surface area contributed by atoms with Gasteiger partial charge in [-0.05, 0) is 18.2 Å². The third-order valence-electron chi connectivity index (χ3n) is 3.15. The lowest BCUT2D eigenvalue weighted by atomic mass is 10.1. The Labute approximate surface area is 109 Å². The van der Waals surface area contributed by atoms with Crippen LogP contribution in [0.15, 0.2) is 18.2 Å². The van der Waals surface area contributed by atoms with Gasteiger partial charge in [-0.1, -0.05) is 0 Å². The summed E-state index contributed by atoms with van der Waals surface area (Å²) in [6, 6.07) is 2.86. The van der Waals surface area contributed by atoms with Gasteiger partial charge in [-0.25, -0.2) is 8.78 Å². The van der Waals surface area contributed by atoms with E-state index in [9.17, 15) is 18.7 Å². The smallest absolute Gasteiger partial charge is 0.176 e. The van der Waals surface area contributed by atoms with E-state index < -0.39 is 11.6 Å². The van der Waals surface area contributed by atoms with E-state index in [0.717, 1.165) is 12.1 Å². The Morgan fingerprint density at radius 2 is 2.21 bits per heavy atom. The molecule has 0 radical (unpaired) electrons. The van der Waals surface area contributed by atoms with Crippen molar-refractivity contribution in [3.05, 3.63) is 35.4 Å². The Morgan fingerprint density at radius 3 is 2.89 bits per heavy atom. The fourth-order valence-corrected chi connectivity index (χ4v) is 2.01. The number of carbonyl (C=O) groups is 1. The van der Waals surface area contributed by atoms with Crippen LogP contribution in [0.1, 0.15) is 10.4 Å². The van der Waals surface area contributed by atoms with Crippen LogP contribution < -0.4 is 0 Å². The summed E-state index contributed by atoms with van der Waals surface area (Å²) in [6.45, 7) is 1.33. The molecule has 1 unspecified atom stereocenters.